The third-order valence-electron chi connectivity index (χ3n) is 3.31. The molecule has 2 aromatic rings. The summed E-state index contributed by atoms with van der Waals surface area (Å²) in [5.41, 5.74) is 2.02. The summed E-state index contributed by atoms with van der Waals surface area (Å²) in [7, 11) is 1.90. The first-order valence-electron chi connectivity index (χ1n) is 6.87. The second-order valence-electron chi connectivity index (χ2n) is 4.84. The van der Waals surface area contributed by atoms with E-state index in [1.807, 2.05) is 20.0 Å². The van der Waals surface area contributed by atoms with Crippen molar-refractivity contribution in [3.8, 4) is 0 Å². The molecule has 0 unspecified atom stereocenters. The van der Waals surface area contributed by atoms with E-state index in [2.05, 4.69) is 23.2 Å². The standard InChI is InChI=1S/C16H21FN2O/c1-4-19(14-7-5-6-13(17)9-14)11-15-8-12(2)16(20-15)10-18-3/h5-9,18H,4,10-11H2,1-3H3. The van der Waals surface area contributed by atoms with Gasteiger partial charge in [-0.3, -0.25) is 0 Å². The van der Waals surface area contributed by atoms with Gasteiger partial charge in [0.15, 0.2) is 0 Å². The van der Waals surface area contributed by atoms with E-state index in [1.54, 1.807) is 12.1 Å². The fraction of sp³-hybridized carbons (Fsp3) is 0.375. The number of nitrogens with one attached hydrogen (secondary N) is 1. The molecule has 0 amide bonds. The van der Waals surface area contributed by atoms with E-state index in [4.69, 9.17) is 4.42 Å². The summed E-state index contributed by atoms with van der Waals surface area (Å²) in [4.78, 5) is 2.09. The van der Waals surface area contributed by atoms with Crippen LogP contribution in [0.3, 0.4) is 0 Å². The molecule has 1 N–H and O–H groups in total. The van der Waals surface area contributed by atoms with Crippen molar-refractivity contribution in [1.29, 1.82) is 0 Å². The van der Waals surface area contributed by atoms with Crippen LogP contribution in [0.4, 0.5) is 10.1 Å². The molecule has 0 radical (unpaired) electrons. The van der Waals surface area contributed by atoms with Gasteiger partial charge in [0, 0.05) is 12.2 Å². The quantitative estimate of drug-likeness (QED) is 0.875. The molecule has 1 aromatic heterocycles. The minimum absolute atomic E-state index is 0.215. The number of hydrogen-bond donors (Lipinski definition) is 1. The van der Waals surface area contributed by atoms with Crippen molar-refractivity contribution in [2.75, 3.05) is 18.5 Å². The number of benzene rings is 1. The van der Waals surface area contributed by atoms with Crippen LogP contribution in [0.2, 0.25) is 0 Å². The number of furan rings is 1. The summed E-state index contributed by atoms with van der Waals surface area (Å²) in [6, 6.07) is 8.70. The Morgan fingerprint density at radius 1 is 1.30 bits per heavy atom. The van der Waals surface area contributed by atoms with Gasteiger partial charge in [0.2, 0.25) is 0 Å². The summed E-state index contributed by atoms with van der Waals surface area (Å²) < 4.78 is 19.2. The largest absolute Gasteiger partial charge is 0.463 e. The number of rotatable bonds is 6. The van der Waals surface area contributed by atoms with Crippen molar-refractivity contribution >= 4 is 5.69 Å². The Kier molecular flexibility index (Phi) is 4.79. The van der Waals surface area contributed by atoms with Crippen LogP contribution in [0, 0.1) is 12.7 Å². The van der Waals surface area contributed by atoms with Crippen molar-refractivity contribution in [3.05, 3.63) is 53.2 Å². The predicted molar refractivity (Wildman–Crippen MR) is 79.3 cm³/mol. The molecular weight excluding hydrogens is 255 g/mol. The average molecular weight is 276 g/mol. The van der Waals surface area contributed by atoms with Gasteiger partial charge in [-0.05, 0) is 50.7 Å². The fourth-order valence-electron chi connectivity index (χ4n) is 2.25. The molecule has 1 heterocycles. The van der Waals surface area contributed by atoms with Gasteiger partial charge in [0.1, 0.15) is 17.3 Å². The molecule has 3 nitrogen and oxygen atoms in total. The zero-order chi connectivity index (χ0) is 14.5. The Morgan fingerprint density at radius 2 is 2.10 bits per heavy atom. The topological polar surface area (TPSA) is 28.4 Å². The average Bonchev–Trinajstić information content (AvgIpc) is 2.77. The van der Waals surface area contributed by atoms with Crippen LogP contribution in [0.15, 0.2) is 34.7 Å². The monoisotopic (exact) mass is 276 g/mol. The Hall–Kier alpha value is -1.81. The summed E-state index contributed by atoms with van der Waals surface area (Å²) in [5.74, 6) is 1.64. The maximum atomic E-state index is 13.3. The molecule has 0 aliphatic carbocycles. The van der Waals surface area contributed by atoms with Crippen LogP contribution in [-0.2, 0) is 13.1 Å². The van der Waals surface area contributed by atoms with E-state index in [1.165, 1.54) is 6.07 Å². The summed E-state index contributed by atoms with van der Waals surface area (Å²) in [5, 5.41) is 3.09. The molecule has 20 heavy (non-hydrogen) atoms. The molecule has 0 bridgehead atoms. The van der Waals surface area contributed by atoms with Gasteiger partial charge in [0.25, 0.3) is 0 Å². The highest BCUT2D eigenvalue weighted by Gasteiger charge is 2.11. The third-order valence-corrected chi connectivity index (χ3v) is 3.31. The van der Waals surface area contributed by atoms with Crippen molar-refractivity contribution in [2.45, 2.75) is 26.9 Å². The second-order valence-corrected chi connectivity index (χ2v) is 4.84. The molecule has 0 aliphatic rings. The molecule has 0 spiro atoms. The molecule has 0 saturated carbocycles. The first-order valence-corrected chi connectivity index (χ1v) is 6.87. The fourth-order valence-corrected chi connectivity index (χ4v) is 2.25. The zero-order valence-corrected chi connectivity index (χ0v) is 12.2. The molecule has 108 valence electrons. The van der Waals surface area contributed by atoms with E-state index in [-0.39, 0.29) is 5.82 Å². The number of anilines is 1. The highest BCUT2D eigenvalue weighted by atomic mass is 19.1. The van der Waals surface area contributed by atoms with Crippen LogP contribution >= 0.6 is 0 Å². The SMILES string of the molecule is CCN(Cc1cc(C)c(CNC)o1)c1cccc(F)c1. The zero-order valence-electron chi connectivity index (χ0n) is 12.2. The maximum absolute atomic E-state index is 13.3. The van der Waals surface area contributed by atoms with Crippen molar-refractivity contribution in [1.82, 2.24) is 5.32 Å². The van der Waals surface area contributed by atoms with Gasteiger partial charge >= 0.3 is 0 Å². The lowest BCUT2D eigenvalue weighted by atomic mass is 10.2. The minimum Gasteiger partial charge on any atom is -0.463 e. The second kappa shape index (κ2) is 6.57. The number of aryl methyl sites for hydroxylation is 1. The van der Waals surface area contributed by atoms with Crippen LogP contribution < -0.4 is 10.2 Å². The number of hydrogen-bond acceptors (Lipinski definition) is 3. The predicted octanol–water partition coefficient (Wildman–Crippen LogP) is 3.47. The lowest BCUT2D eigenvalue weighted by molar-refractivity contribution is 0.449. The van der Waals surface area contributed by atoms with Crippen molar-refractivity contribution in [2.24, 2.45) is 0 Å². The lowest BCUT2D eigenvalue weighted by Gasteiger charge is -2.21. The van der Waals surface area contributed by atoms with Gasteiger partial charge in [-0.15, -0.1) is 0 Å². The summed E-state index contributed by atoms with van der Waals surface area (Å²) >= 11 is 0. The Balaban J connectivity index is 2.16. The molecule has 0 atom stereocenters. The normalized spacial score (nSPS) is 10.8. The summed E-state index contributed by atoms with van der Waals surface area (Å²) in [6.45, 7) is 6.25. The highest BCUT2D eigenvalue weighted by Crippen LogP contribution is 2.21. The van der Waals surface area contributed by atoms with E-state index in [9.17, 15) is 4.39 Å². The number of nitrogens with zero attached hydrogens (tertiary/aromatic N) is 1. The first-order chi connectivity index (χ1) is 9.63. The minimum atomic E-state index is -0.215. The Morgan fingerprint density at radius 3 is 2.75 bits per heavy atom. The lowest BCUT2D eigenvalue weighted by Crippen LogP contribution is -2.21. The van der Waals surface area contributed by atoms with Crippen LogP contribution in [-0.4, -0.2) is 13.6 Å². The maximum Gasteiger partial charge on any atom is 0.125 e. The summed E-state index contributed by atoms with van der Waals surface area (Å²) in [6.07, 6.45) is 0. The Labute approximate surface area is 119 Å². The molecule has 0 fully saturated rings. The van der Waals surface area contributed by atoms with E-state index in [0.717, 1.165) is 35.9 Å². The van der Waals surface area contributed by atoms with Crippen molar-refractivity contribution < 1.29 is 8.81 Å². The first kappa shape index (κ1) is 14.6. The van der Waals surface area contributed by atoms with Gasteiger partial charge in [-0.25, -0.2) is 4.39 Å². The van der Waals surface area contributed by atoms with E-state index >= 15 is 0 Å². The molecule has 1 aromatic carbocycles. The number of halogens is 1. The van der Waals surface area contributed by atoms with Gasteiger partial charge in [-0.1, -0.05) is 6.07 Å². The molecule has 0 aliphatic heterocycles. The Bertz CT molecular complexity index is 565. The molecule has 4 heteroatoms. The van der Waals surface area contributed by atoms with Gasteiger partial charge < -0.3 is 14.6 Å². The van der Waals surface area contributed by atoms with Crippen LogP contribution in [0.25, 0.3) is 0 Å². The van der Waals surface area contributed by atoms with Crippen molar-refractivity contribution in [3.63, 3.8) is 0 Å². The van der Waals surface area contributed by atoms with Gasteiger partial charge in [0.05, 0.1) is 13.1 Å². The molecule has 0 saturated heterocycles. The highest BCUT2D eigenvalue weighted by molar-refractivity contribution is 5.46. The van der Waals surface area contributed by atoms with Crippen LogP contribution in [0.1, 0.15) is 24.0 Å². The smallest absolute Gasteiger partial charge is 0.125 e. The third kappa shape index (κ3) is 3.39. The van der Waals surface area contributed by atoms with E-state index in [0.29, 0.717) is 6.54 Å². The van der Waals surface area contributed by atoms with Gasteiger partial charge in [-0.2, -0.15) is 0 Å². The molecule has 2 rings (SSSR count). The van der Waals surface area contributed by atoms with E-state index < -0.39 is 0 Å². The van der Waals surface area contributed by atoms with Crippen LogP contribution in [0.5, 0.6) is 0 Å². The molecular formula is C16H21FN2O.